The molecule has 0 amide bonds. The predicted octanol–water partition coefficient (Wildman–Crippen LogP) is 3.38. The normalized spacial score (nSPS) is 11.3. The average Bonchev–Trinajstić information content (AvgIpc) is 2.34. The molecule has 3 N–H and O–H groups in total. The Kier molecular flexibility index (Phi) is 3.89. The van der Waals surface area contributed by atoms with E-state index >= 15 is 0 Å². The smallest absolute Gasteiger partial charge is 0.263 e. The molecular weight excluding hydrogens is 307 g/mol. The van der Waals surface area contributed by atoms with E-state index in [0.29, 0.717) is 10.7 Å². The van der Waals surface area contributed by atoms with Crippen molar-refractivity contribution in [1.29, 1.82) is 0 Å². The Morgan fingerprint density at radius 3 is 2.32 bits per heavy atom. The zero-order valence-corrected chi connectivity index (χ0v) is 11.9. The van der Waals surface area contributed by atoms with Crippen molar-refractivity contribution >= 4 is 44.6 Å². The van der Waals surface area contributed by atoms with E-state index in [1.165, 1.54) is 30.3 Å². The van der Waals surface area contributed by atoms with Gasteiger partial charge in [-0.05, 0) is 30.3 Å². The molecule has 0 aliphatic carbocycles. The molecule has 0 aliphatic heterocycles. The Labute approximate surface area is 121 Å². The number of hydrogen-bond donors (Lipinski definition) is 2. The summed E-state index contributed by atoms with van der Waals surface area (Å²) in [4.78, 5) is 0.0149. The summed E-state index contributed by atoms with van der Waals surface area (Å²) >= 11 is 11.6. The van der Waals surface area contributed by atoms with E-state index in [4.69, 9.17) is 28.9 Å². The Bertz CT molecular complexity index is 717. The van der Waals surface area contributed by atoms with Crippen molar-refractivity contribution in [3.8, 4) is 0 Å². The van der Waals surface area contributed by atoms with Crippen molar-refractivity contribution in [1.82, 2.24) is 0 Å². The van der Waals surface area contributed by atoms with Crippen LogP contribution in [0, 0.1) is 0 Å². The molecule has 2 aromatic rings. The second kappa shape index (κ2) is 5.28. The largest absolute Gasteiger partial charge is 0.398 e. The highest BCUT2D eigenvalue weighted by Gasteiger charge is 2.17. The van der Waals surface area contributed by atoms with Crippen molar-refractivity contribution in [2.45, 2.75) is 4.90 Å². The molecule has 19 heavy (non-hydrogen) atoms. The van der Waals surface area contributed by atoms with E-state index in [9.17, 15) is 8.42 Å². The summed E-state index contributed by atoms with van der Waals surface area (Å²) in [5.74, 6) is 0. The molecule has 4 nitrogen and oxygen atoms in total. The van der Waals surface area contributed by atoms with Gasteiger partial charge in [0.25, 0.3) is 10.0 Å². The van der Waals surface area contributed by atoms with Crippen LogP contribution in [0.3, 0.4) is 0 Å². The molecule has 0 unspecified atom stereocenters. The van der Waals surface area contributed by atoms with Crippen LogP contribution in [-0.2, 0) is 10.0 Å². The van der Waals surface area contributed by atoms with Gasteiger partial charge in [-0.1, -0.05) is 35.3 Å². The van der Waals surface area contributed by atoms with Crippen LogP contribution in [-0.4, -0.2) is 8.42 Å². The Hall–Kier alpha value is -1.43. The first-order chi connectivity index (χ1) is 8.90. The average molecular weight is 317 g/mol. The van der Waals surface area contributed by atoms with Gasteiger partial charge in [0, 0.05) is 0 Å². The molecule has 0 saturated heterocycles. The van der Waals surface area contributed by atoms with Crippen LogP contribution < -0.4 is 10.5 Å². The maximum absolute atomic E-state index is 12.2. The van der Waals surface area contributed by atoms with Crippen LogP contribution in [0.15, 0.2) is 47.4 Å². The van der Waals surface area contributed by atoms with E-state index < -0.39 is 10.0 Å². The predicted molar refractivity (Wildman–Crippen MR) is 78.1 cm³/mol. The summed E-state index contributed by atoms with van der Waals surface area (Å²) in [5.41, 5.74) is 6.14. The van der Waals surface area contributed by atoms with E-state index in [2.05, 4.69) is 4.72 Å². The highest BCUT2D eigenvalue weighted by molar-refractivity contribution is 7.92. The van der Waals surface area contributed by atoms with Gasteiger partial charge in [0.15, 0.2) is 0 Å². The first kappa shape index (κ1) is 14.0. The van der Waals surface area contributed by atoms with Gasteiger partial charge in [-0.3, -0.25) is 4.72 Å². The Balaban J connectivity index is 2.37. The molecular formula is C12H10Cl2N2O2S. The van der Waals surface area contributed by atoms with Crippen LogP contribution >= 0.6 is 23.2 Å². The lowest BCUT2D eigenvalue weighted by Crippen LogP contribution is -2.14. The molecule has 0 fully saturated rings. The first-order valence-electron chi connectivity index (χ1n) is 5.22. The fraction of sp³-hybridized carbons (Fsp3) is 0. The van der Waals surface area contributed by atoms with Crippen LogP contribution in [0.4, 0.5) is 11.4 Å². The first-order valence-corrected chi connectivity index (χ1v) is 7.46. The summed E-state index contributed by atoms with van der Waals surface area (Å²) in [6, 6.07) is 10.7. The van der Waals surface area contributed by atoms with Crippen molar-refractivity contribution in [2.24, 2.45) is 0 Å². The molecule has 2 rings (SSSR count). The standard InChI is InChI=1S/C12H10Cl2N2O2S/c13-9-6-5-8(7-10(9)14)16-19(17,18)12-4-2-1-3-11(12)15/h1-7,16H,15H2. The number of nitrogens with one attached hydrogen (secondary N) is 1. The van der Waals surface area contributed by atoms with Gasteiger partial charge in [0.05, 0.1) is 21.4 Å². The molecule has 2 aromatic carbocycles. The lowest BCUT2D eigenvalue weighted by atomic mass is 10.3. The summed E-state index contributed by atoms with van der Waals surface area (Å²) in [5, 5.41) is 0.617. The number of anilines is 2. The zero-order valence-electron chi connectivity index (χ0n) is 9.60. The van der Waals surface area contributed by atoms with E-state index in [-0.39, 0.29) is 15.6 Å². The number of rotatable bonds is 3. The number of sulfonamides is 1. The molecule has 0 bridgehead atoms. The van der Waals surface area contributed by atoms with Crippen LogP contribution in [0.5, 0.6) is 0 Å². The minimum atomic E-state index is -3.75. The Morgan fingerprint density at radius 1 is 1.00 bits per heavy atom. The SMILES string of the molecule is Nc1ccccc1S(=O)(=O)Nc1ccc(Cl)c(Cl)c1. The number of hydrogen-bond acceptors (Lipinski definition) is 3. The van der Waals surface area contributed by atoms with Gasteiger partial charge in [-0.2, -0.15) is 0 Å². The highest BCUT2D eigenvalue weighted by Crippen LogP contribution is 2.27. The van der Waals surface area contributed by atoms with Gasteiger partial charge < -0.3 is 5.73 Å². The van der Waals surface area contributed by atoms with Gasteiger partial charge in [0.1, 0.15) is 4.90 Å². The molecule has 0 aromatic heterocycles. The van der Waals surface area contributed by atoms with E-state index in [1.54, 1.807) is 12.1 Å². The fourth-order valence-electron chi connectivity index (χ4n) is 1.50. The maximum atomic E-state index is 12.2. The third kappa shape index (κ3) is 3.12. The molecule has 0 atom stereocenters. The van der Waals surface area contributed by atoms with Gasteiger partial charge in [-0.25, -0.2) is 8.42 Å². The highest BCUT2D eigenvalue weighted by atomic mass is 35.5. The van der Waals surface area contributed by atoms with E-state index in [1.807, 2.05) is 0 Å². The summed E-state index contributed by atoms with van der Waals surface area (Å²) in [7, 11) is -3.75. The number of para-hydroxylation sites is 1. The molecule has 7 heteroatoms. The molecule has 0 heterocycles. The number of nitrogens with two attached hydrogens (primary N) is 1. The number of halogens is 2. The monoisotopic (exact) mass is 316 g/mol. The third-order valence-electron chi connectivity index (χ3n) is 2.38. The van der Waals surface area contributed by atoms with Crippen LogP contribution in [0.2, 0.25) is 10.0 Å². The molecule has 0 saturated carbocycles. The van der Waals surface area contributed by atoms with Crippen molar-refractivity contribution in [3.05, 3.63) is 52.5 Å². The van der Waals surface area contributed by atoms with Gasteiger partial charge in [-0.15, -0.1) is 0 Å². The molecule has 0 radical (unpaired) electrons. The van der Waals surface area contributed by atoms with Crippen molar-refractivity contribution in [3.63, 3.8) is 0 Å². The summed E-state index contributed by atoms with van der Waals surface area (Å²) < 4.78 is 26.7. The lowest BCUT2D eigenvalue weighted by molar-refractivity contribution is 0.601. The third-order valence-corrected chi connectivity index (χ3v) is 4.57. The molecule has 0 aliphatic rings. The molecule has 0 spiro atoms. The van der Waals surface area contributed by atoms with E-state index in [0.717, 1.165) is 0 Å². The molecule has 100 valence electrons. The quantitative estimate of drug-likeness (QED) is 0.853. The maximum Gasteiger partial charge on any atom is 0.263 e. The zero-order chi connectivity index (χ0) is 14.0. The summed E-state index contributed by atoms with van der Waals surface area (Å²) in [6.07, 6.45) is 0. The van der Waals surface area contributed by atoms with Crippen LogP contribution in [0.1, 0.15) is 0 Å². The lowest BCUT2D eigenvalue weighted by Gasteiger charge is -2.10. The minimum absolute atomic E-state index is 0.0149. The second-order valence-corrected chi connectivity index (χ2v) is 6.24. The second-order valence-electron chi connectivity index (χ2n) is 3.77. The summed E-state index contributed by atoms with van der Waals surface area (Å²) in [6.45, 7) is 0. The van der Waals surface area contributed by atoms with Crippen LogP contribution in [0.25, 0.3) is 0 Å². The van der Waals surface area contributed by atoms with Crippen molar-refractivity contribution < 1.29 is 8.42 Å². The topological polar surface area (TPSA) is 72.2 Å². The van der Waals surface area contributed by atoms with Gasteiger partial charge in [0.2, 0.25) is 0 Å². The number of nitrogen functional groups attached to an aromatic ring is 1. The fourth-order valence-corrected chi connectivity index (χ4v) is 2.98. The Morgan fingerprint density at radius 2 is 1.68 bits per heavy atom. The van der Waals surface area contributed by atoms with Gasteiger partial charge >= 0.3 is 0 Å². The number of benzene rings is 2. The minimum Gasteiger partial charge on any atom is -0.398 e. The van der Waals surface area contributed by atoms with Crippen molar-refractivity contribution in [2.75, 3.05) is 10.5 Å².